The van der Waals surface area contributed by atoms with Gasteiger partial charge in [-0.05, 0) is 118 Å². The number of thiophene rings is 1. The van der Waals surface area contributed by atoms with Crippen molar-refractivity contribution in [3.63, 3.8) is 0 Å². The summed E-state index contributed by atoms with van der Waals surface area (Å²) >= 11 is 2.10. The maximum Gasteiger partial charge on any atom is 0.0374 e. The van der Waals surface area contributed by atoms with Gasteiger partial charge in [-0.2, -0.15) is 0 Å². The molecular weight excluding hydrogens is 719 g/mol. The Bertz CT molecular complexity index is 3020. The minimum absolute atomic E-state index is 0.540. The molecule has 0 N–H and O–H groups in total. The van der Waals surface area contributed by atoms with E-state index in [-0.39, 0.29) is 0 Å². The standard InChI is InChI=1S/C52H36P2S/c1-3-13-41-35(9-1)23-25-39-31-54(32-40-26-24-36-10-2-4-14-42(36)50(40)49(39)41)52-51(45-15-5-6-18-48(45)55-52)53-29-33-19-21-37-11-7-16-43(46(37)27-33)44-17-8-12-38-22-20-34(30-53)28-47(38)44/h1-28H,29-32H2. The number of fused-ring (bicyclic) bond motifs is 11. The van der Waals surface area contributed by atoms with E-state index < -0.39 is 15.8 Å². The molecule has 2 aliphatic heterocycles. The number of benzene rings is 9. The molecule has 3 heterocycles. The summed E-state index contributed by atoms with van der Waals surface area (Å²) < 4.78 is 3.11. The smallest absolute Gasteiger partial charge is 0.0374 e. The summed E-state index contributed by atoms with van der Waals surface area (Å²) in [5.41, 5.74) is 11.5. The van der Waals surface area contributed by atoms with E-state index in [0.29, 0.717) is 0 Å². The Kier molecular flexibility index (Phi) is 7.41. The lowest BCUT2D eigenvalue weighted by Crippen LogP contribution is -2.20. The third-order valence-corrected chi connectivity index (χ3v) is 19.3. The highest BCUT2D eigenvalue weighted by atomic mass is 32.1. The van der Waals surface area contributed by atoms with Crippen LogP contribution in [0.25, 0.3) is 75.4 Å². The van der Waals surface area contributed by atoms with Gasteiger partial charge in [-0.3, -0.25) is 0 Å². The molecule has 10 aromatic rings. The van der Waals surface area contributed by atoms with E-state index in [4.69, 9.17) is 0 Å². The summed E-state index contributed by atoms with van der Waals surface area (Å²) in [5, 5.41) is 13.9. The summed E-state index contributed by atoms with van der Waals surface area (Å²) in [5.74, 6) is 0. The van der Waals surface area contributed by atoms with Gasteiger partial charge < -0.3 is 0 Å². The molecule has 0 radical (unpaired) electrons. The van der Waals surface area contributed by atoms with Crippen LogP contribution >= 0.6 is 27.2 Å². The van der Waals surface area contributed by atoms with E-state index in [9.17, 15) is 0 Å². The Balaban J connectivity index is 1.09. The summed E-state index contributed by atoms with van der Waals surface area (Å²) in [6, 6.07) is 65.4. The predicted octanol–water partition coefficient (Wildman–Crippen LogP) is 14.5. The van der Waals surface area contributed by atoms with Crippen molar-refractivity contribution in [2.75, 3.05) is 0 Å². The van der Waals surface area contributed by atoms with Crippen LogP contribution in [0.5, 0.6) is 0 Å². The Hall–Kier alpha value is -5.16. The first-order valence-electron chi connectivity index (χ1n) is 19.3. The molecule has 3 heteroatoms. The Morgan fingerprint density at radius 1 is 0.364 bits per heavy atom. The van der Waals surface area contributed by atoms with E-state index in [1.54, 1.807) is 9.92 Å². The first-order chi connectivity index (χ1) is 27.2. The predicted molar refractivity (Wildman–Crippen MR) is 244 cm³/mol. The Labute approximate surface area is 327 Å². The topological polar surface area (TPSA) is 0 Å². The largest absolute Gasteiger partial charge is 0.135 e. The summed E-state index contributed by atoms with van der Waals surface area (Å²) in [6.07, 6.45) is 4.35. The van der Waals surface area contributed by atoms with Crippen LogP contribution in [0.2, 0.25) is 0 Å². The van der Waals surface area contributed by atoms with Crippen LogP contribution in [0.3, 0.4) is 0 Å². The van der Waals surface area contributed by atoms with Crippen molar-refractivity contribution < 1.29 is 0 Å². The molecule has 0 nitrogen and oxygen atoms in total. The fourth-order valence-electron chi connectivity index (χ4n) is 9.60. The zero-order valence-corrected chi connectivity index (χ0v) is 32.9. The molecule has 0 fully saturated rings. The molecular formula is C52H36P2S. The summed E-state index contributed by atoms with van der Waals surface area (Å²) in [4.78, 5) is 0. The van der Waals surface area contributed by atoms with Crippen LogP contribution in [0.1, 0.15) is 22.3 Å². The first-order valence-corrected chi connectivity index (χ1v) is 23.5. The van der Waals surface area contributed by atoms with Crippen LogP contribution in [-0.2, 0) is 24.6 Å². The van der Waals surface area contributed by atoms with Gasteiger partial charge in [0.05, 0.1) is 0 Å². The Morgan fingerprint density at radius 3 is 1.42 bits per heavy atom. The van der Waals surface area contributed by atoms with Crippen molar-refractivity contribution >= 4 is 90.3 Å². The maximum absolute atomic E-state index is 2.53. The average Bonchev–Trinajstić information content (AvgIpc) is 3.52. The van der Waals surface area contributed by atoms with Gasteiger partial charge >= 0.3 is 0 Å². The number of hydrogen-bond acceptors (Lipinski definition) is 1. The second kappa shape index (κ2) is 12.7. The molecule has 0 atom stereocenters. The highest BCUT2D eigenvalue weighted by Crippen LogP contribution is 2.56. The molecule has 55 heavy (non-hydrogen) atoms. The molecule has 260 valence electrons. The van der Waals surface area contributed by atoms with E-state index in [2.05, 4.69) is 181 Å². The molecule has 0 saturated heterocycles. The van der Waals surface area contributed by atoms with E-state index in [1.807, 2.05) is 0 Å². The third kappa shape index (κ3) is 5.18. The third-order valence-electron chi connectivity index (χ3n) is 12.1. The van der Waals surface area contributed by atoms with Gasteiger partial charge in [-0.25, -0.2) is 0 Å². The van der Waals surface area contributed by atoms with Gasteiger partial charge in [0.1, 0.15) is 0 Å². The number of rotatable bonds is 2. The quantitative estimate of drug-likeness (QED) is 0.154. The van der Waals surface area contributed by atoms with Gasteiger partial charge in [0.25, 0.3) is 0 Å². The monoisotopic (exact) mass is 754 g/mol. The fraction of sp³-hybridized carbons (Fsp3) is 0.0769. The van der Waals surface area contributed by atoms with Crippen LogP contribution < -0.4 is 9.92 Å². The second-order valence-electron chi connectivity index (χ2n) is 15.3. The minimum Gasteiger partial charge on any atom is -0.135 e. The van der Waals surface area contributed by atoms with Crippen molar-refractivity contribution in [2.45, 2.75) is 24.6 Å². The van der Waals surface area contributed by atoms with Gasteiger partial charge in [0, 0.05) is 20.0 Å². The Morgan fingerprint density at radius 2 is 0.836 bits per heavy atom. The number of hydrogen-bond donors (Lipinski definition) is 0. The second-order valence-corrected chi connectivity index (χ2v) is 21.0. The van der Waals surface area contributed by atoms with Gasteiger partial charge in [0.15, 0.2) is 0 Å². The van der Waals surface area contributed by atoms with Crippen molar-refractivity contribution in [1.82, 2.24) is 0 Å². The molecule has 1 aromatic heterocycles. The van der Waals surface area contributed by atoms with Crippen molar-refractivity contribution in [2.24, 2.45) is 0 Å². The zero-order chi connectivity index (χ0) is 36.0. The molecule has 12 rings (SSSR count). The lowest BCUT2D eigenvalue weighted by atomic mass is 9.88. The fourth-order valence-corrected chi connectivity index (χ4v) is 17.8. The van der Waals surface area contributed by atoms with Crippen molar-refractivity contribution in [3.8, 4) is 22.3 Å². The lowest BCUT2D eigenvalue weighted by Gasteiger charge is -2.24. The van der Waals surface area contributed by atoms with Gasteiger partial charge in [-0.15, -0.1) is 11.3 Å². The maximum atomic E-state index is 2.53. The molecule has 0 unspecified atom stereocenters. The van der Waals surface area contributed by atoms with Crippen LogP contribution in [0.4, 0.5) is 0 Å². The van der Waals surface area contributed by atoms with Crippen LogP contribution in [0, 0.1) is 0 Å². The molecule has 0 saturated carbocycles. The van der Waals surface area contributed by atoms with Gasteiger partial charge in [-0.1, -0.05) is 180 Å². The molecule has 4 bridgehead atoms. The van der Waals surface area contributed by atoms with E-state index in [1.165, 1.54) is 97.7 Å². The summed E-state index contributed by atoms with van der Waals surface area (Å²) in [7, 11) is -1.12. The van der Waals surface area contributed by atoms with Crippen LogP contribution in [0.15, 0.2) is 170 Å². The highest BCUT2D eigenvalue weighted by molar-refractivity contribution is 7.76. The highest BCUT2D eigenvalue weighted by Gasteiger charge is 2.31. The van der Waals surface area contributed by atoms with E-state index >= 15 is 0 Å². The molecule has 9 aromatic carbocycles. The van der Waals surface area contributed by atoms with Crippen molar-refractivity contribution in [1.29, 1.82) is 0 Å². The van der Waals surface area contributed by atoms with Crippen LogP contribution in [-0.4, -0.2) is 0 Å². The lowest BCUT2D eigenvalue weighted by molar-refractivity contribution is 1.35. The first kappa shape index (κ1) is 32.1. The minimum atomic E-state index is -0.582. The SMILES string of the molecule is c1cc2c3cc(ccc3c1)CP(c1c(P3Cc4ccc5ccccc5c4-c4c(ccc5ccccc45)C3)sc3ccccc13)Cc1ccc3cccc-2c3c1. The summed E-state index contributed by atoms with van der Waals surface area (Å²) in [6.45, 7) is 0. The van der Waals surface area contributed by atoms with Crippen molar-refractivity contribution in [3.05, 3.63) is 192 Å². The van der Waals surface area contributed by atoms with Gasteiger partial charge in [0.2, 0.25) is 0 Å². The normalized spacial score (nSPS) is 14.5. The molecule has 0 amide bonds. The molecule has 0 spiro atoms. The molecule has 0 aliphatic carbocycles. The zero-order valence-electron chi connectivity index (χ0n) is 30.3. The van der Waals surface area contributed by atoms with E-state index in [0.717, 1.165) is 24.6 Å². The molecule has 2 aliphatic rings. The average molecular weight is 755 g/mol.